The molecule has 3 N–H and O–H groups in total. The van der Waals surface area contributed by atoms with Gasteiger partial charge in [-0.3, -0.25) is 9.89 Å². The lowest BCUT2D eigenvalue weighted by Crippen LogP contribution is -2.25. The van der Waals surface area contributed by atoms with Gasteiger partial charge >= 0.3 is 0 Å². The van der Waals surface area contributed by atoms with Crippen LogP contribution in [0.3, 0.4) is 0 Å². The molecule has 0 saturated carbocycles. The maximum atomic E-state index is 12.5. The zero-order valence-electron chi connectivity index (χ0n) is 12.6. The number of anilines is 1. The van der Waals surface area contributed by atoms with Crippen LogP contribution in [0.15, 0.2) is 22.7 Å². The predicted octanol–water partition coefficient (Wildman–Crippen LogP) is 2.89. The maximum Gasteiger partial charge on any atom is 0.276 e. The predicted molar refractivity (Wildman–Crippen MR) is 94.5 cm³/mol. The Balaban J connectivity index is 0.00000192. The van der Waals surface area contributed by atoms with Crippen molar-refractivity contribution in [2.75, 3.05) is 18.5 Å². The number of hydrogen-bond acceptors (Lipinski definition) is 4. The van der Waals surface area contributed by atoms with Crippen LogP contribution in [0.5, 0.6) is 5.75 Å². The van der Waals surface area contributed by atoms with Crippen LogP contribution >= 0.6 is 28.3 Å². The molecule has 1 aromatic carbocycles. The summed E-state index contributed by atoms with van der Waals surface area (Å²) in [5.74, 6) is 0.400. The lowest BCUT2D eigenvalue weighted by Gasteiger charge is -2.14. The average molecular weight is 402 g/mol. The van der Waals surface area contributed by atoms with Crippen molar-refractivity contribution in [3.8, 4) is 5.75 Å². The second kappa shape index (κ2) is 7.81. The van der Waals surface area contributed by atoms with Gasteiger partial charge in [0.2, 0.25) is 0 Å². The number of H-pyrrole nitrogens is 1. The Morgan fingerprint density at radius 2 is 2.30 bits per heavy atom. The molecule has 0 atom stereocenters. The van der Waals surface area contributed by atoms with Crippen LogP contribution in [0.4, 0.5) is 5.69 Å². The number of fused-ring (bicyclic) bond motifs is 1. The van der Waals surface area contributed by atoms with Crippen molar-refractivity contribution in [1.82, 2.24) is 15.5 Å². The van der Waals surface area contributed by atoms with Gasteiger partial charge in [0.25, 0.3) is 5.91 Å². The summed E-state index contributed by atoms with van der Waals surface area (Å²) in [6.07, 6.45) is 0.859. The molecular formula is C15H18BrClN4O2. The number of aromatic nitrogens is 2. The van der Waals surface area contributed by atoms with E-state index in [9.17, 15) is 4.79 Å². The molecule has 23 heavy (non-hydrogen) atoms. The van der Waals surface area contributed by atoms with E-state index in [-0.39, 0.29) is 18.3 Å². The molecule has 2 aromatic rings. The van der Waals surface area contributed by atoms with Crippen molar-refractivity contribution in [1.29, 1.82) is 0 Å². The summed E-state index contributed by atoms with van der Waals surface area (Å²) in [5.41, 5.74) is 3.05. The van der Waals surface area contributed by atoms with Crippen LogP contribution in [-0.2, 0) is 13.0 Å². The highest BCUT2D eigenvalue weighted by molar-refractivity contribution is 9.10. The Hall–Kier alpha value is -1.57. The summed E-state index contributed by atoms with van der Waals surface area (Å²) in [6, 6.07) is 5.50. The lowest BCUT2D eigenvalue weighted by atomic mass is 10.1. The van der Waals surface area contributed by atoms with Gasteiger partial charge in [-0.15, -0.1) is 12.4 Å². The molecule has 0 aliphatic carbocycles. The number of benzene rings is 1. The third kappa shape index (κ3) is 3.85. The Morgan fingerprint density at radius 3 is 3.09 bits per heavy atom. The lowest BCUT2D eigenvalue weighted by molar-refractivity contribution is 0.102. The molecule has 0 spiro atoms. The molecule has 1 aromatic heterocycles. The number of ether oxygens (including phenoxy) is 1. The topological polar surface area (TPSA) is 79.0 Å². The number of carbonyl (C=O) groups is 1. The van der Waals surface area contributed by atoms with Gasteiger partial charge in [-0.2, -0.15) is 5.10 Å². The summed E-state index contributed by atoms with van der Waals surface area (Å²) >= 11 is 3.40. The van der Waals surface area contributed by atoms with E-state index in [1.54, 1.807) is 0 Å². The highest BCUT2D eigenvalue weighted by Gasteiger charge is 2.22. The number of rotatable bonds is 4. The summed E-state index contributed by atoms with van der Waals surface area (Å²) in [5, 5.41) is 13.2. The summed E-state index contributed by atoms with van der Waals surface area (Å²) in [7, 11) is 0. The third-order valence-electron chi connectivity index (χ3n) is 3.51. The fraction of sp³-hybridized carbons (Fsp3) is 0.333. The van der Waals surface area contributed by atoms with Crippen LogP contribution in [0.2, 0.25) is 0 Å². The number of nitrogens with one attached hydrogen (secondary N) is 3. The smallest absolute Gasteiger partial charge is 0.276 e. The minimum atomic E-state index is -0.232. The molecule has 1 aliphatic rings. The van der Waals surface area contributed by atoms with E-state index >= 15 is 0 Å². The zero-order chi connectivity index (χ0) is 15.5. The van der Waals surface area contributed by atoms with E-state index in [1.165, 1.54) is 0 Å². The number of hydrogen-bond donors (Lipinski definition) is 3. The highest BCUT2D eigenvalue weighted by atomic mass is 79.9. The minimum Gasteiger partial charge on any atom is -0.492 e. The van der Waals surface area contributed by atoms with Gasteiger partial charge in [0, 0.05) is 35.2 Å². The van der Waals surface area contributed by atoms with Crippen LogP contribution in [0.25, 0.3) is 0 Å². The van der Waals surface area contributed by atoms with Gasteiger partial charge < -0.3 is 15.4 Å². The quantitative estimate of drug-likeness (QED) is 0.736. The van der Waals surface area contributed by atoms with E-state index in [2.05, 4.69) is 36.8 Å². The molecule has 0 bridgehead atoms. The molecule has 0 fully saturated rings. The SMILES string of the molecule is CCOc1cc(Br)ccc1NC(=O)c1n[nH]c2c1CNCC2.Cl. The number of nitrogens with zero attached hydrogens (tertiary/aromatic N) is 1. The molecule has 0 radical (unpaired) electrons. The van der Waals surface area contributed by atoms with Gasteiger partial charge in [-0.05, 0) is 25.1 Å². The molecule has 0 saturated heterocycles. The van der Waals surface area contributed by atoms with Crippen LogP contribution in [0, 0.1) is 0 Å². The molecule has 2 heterocycles. The first kappa shape index (κ1) is 17.8. The van der Waals surface area contributed by atoms with Crippen LogP contribution in [0.1, 0.15) is 28.7 Å². The van der Waals surface area contributed by atoms with Gasteiger partial charge in [-0.1, -0.05) is 15.9 Å². The monoisotopic (exact) mass is 400 g/mol. The molecular weight excluding hydrogens is 384 g/mol. The molecule has 8 heteroatoms. The van der Waals surface area contributed by atoms with E-state index in [0.29, 0.717) is 30.3 Å². The first-order valence-corrected chi connectivity index (χ1v) is 7.99. The van der Waals surface area contributed by atoms with E-state index in [4.69, 9.17) is 4.74 Å². The molecule has 0 unspecified atom stereocenters. The van der Waals surface area contributed by atoms with E-state index < -0.39 is 0 Å². The molecule has 1 amide bonds. The number of carbonyl (C=O) groups excluding carboxylic acids is 1. The zero-order valence-corrected chi connectivity index (χ0v) is 15.0. The van der Waals surface area contributed by atoms with Gasteiger partial charge in [0.05, 0.1) is 12.3 Å². The molecule has 6 nitrogen and oxygen atoms in total. The number of aromatic amines is 1. The van der Waals surface area contributed by atoms with Crippen molar-refractivity contribution in [3.05, 3.63) is 39.6 Å². The van der Waals surface area contributed by atoms with Crippen LogP contribution < -0.4 is 15.4 Å². The van der Waals surface area contributed by atoms with E-state index in [0.717, 1.165) is 28.7 Å². The third-order valence-corrected chi connectivity index (χ3v) is 4.01. The van der Waals surface area contributed by atoms with E-state index in [1.807, 2.05) is 25.1 Å². The summed E-state index contributed by atoms with van der Waals surface area (Å²) in [6.45, 7) is 3.99. The number of amides is 1. The highest BCUT2D eigenvalue weighted by Crippen LogP contribution is 2.29. The Morgan fingerprint density at radius 1 is 1.48 bits per heavy atom. The minimum absolute atomic E-state index is 0. The largest absolute Gasteiger partial charge is 0.492 e. The first-order valence-electron chi connectivity index (χ1n) is 7.19. The Bertz CT molecular complexity index is 705. The molecule has 3 rings (SSSR count). The van der Waals surface area contributed by atoms with Gasteiger partial charge in [-0.25, -0.2) is 0 Å². The Kier molecular flexibility index (Phi) is 6.04. The number of halogens is 2. The normalized spacial score (nSPS) is 13.0. The van der Waals surface area contributed by atoms with Crippen molar-refractivity contribution in [2.45, 2.75) is 19.9 Å². The first-order chi connectivity index (χ1) is 10.7. The fourth-order valence-electron chi connectivity index (χ4n) is 2.47. The summed E-state index contributed by atoms with van der Waals surface area (Å²) in [4.78, 5) is 12.5. The summed E-state index contributed by atoms with van der Waals surface area (Å²) < 4.78 is 6.46. The molecule has 1 aliphatic heterocycles. The molecule has 124 valence electrons. The second-order valence-electron chi connectivity index (χ2n) is 4.98. The van der Waals surface area contributed by atoms with Crippen molar-refractivity contribution < 1.29 is 9.53 Å². The maximum absolute atomic E-state index is 12.5. The van der Waals surface area contributed by atoms with Crippen LogP contribution in [-0.4, -0.2) is 29.3 Å². The second-order valence-corrected chi connectivity index (χ2v) is 5.90. The average Bonchev–Trinajstić information content (AvgIpc) is 2.94. The van der Waals surface area contributed by atoms with Crippen molar-refractivity contribution in [3.63, 3.8) is 0 Å². The van der Waals surface area contributed by atoms with Gasteiger partial charge in [0.1, 0.15) is 5.75 Å². The van der Waals surface area contributed by atoms with Gasteiger partial charge in [0.15, 0.2) is 5.69 Å². The Labute approximate surface area is 148 Å². The van der Waals surface area contributed by atoms with Crippen molar-refractivity contribution in [2.24, 2.45) is 0 Å². The fourth-order valence-corrected chi connectivity index (χ4v) is 2.81. The standard InChI is InChI=1S/C15H17BrN4O2.ClH/c1-2-22-13-7-9(16)3-4-12(13)18-15(21)14-10-8-17-6-5-11(10)19-20-14;/h3-4,7,17H,2,5-6,8H2,1H3,(H,18,21)(H,19,20);1H. The van der Waals surface area contributed by atoms with Crippen molar-refractivity contribution >= 4 is 39.9 Å².